The number of rotatable bonds is 4. The minimum absolute atomic E-state index is 0.209. The highest BCUT2D eigenvalue weighted by atomic mass is 79.9. The molecule has 0 amide bonds. The highest BCUT2D eigenvalue weighted by molar-refractivity contribution is 9.10. The number of hydrogen-bond acceptors (Lipinski definition) is 2. The van der Waals surface area contributed by atoms with Crippen LogP contribution in [0.4, 0.5) is 4.39 Å². The zero-order valence-corrected chi connectivity index (χ0v) is 12.3. The first-order valence-corrected chi connectivity index (χ1v) is 6.73. The molecule has 0 saturated carbocycles. The molecule has 0 fully saturated rings. The monoisotopic (exact) mass is 339 g/mol. The zero-order chi connectivity index (χ0) is 13.8. The number of benzene rings is 2. The molecular weight excluding hydrogens is 329 g/mol. The predicted molar refractivity (Wildman–Crippen MR) is 80.8 cm³/mol. The molecule has 0 spiro atoms. The molecule has 5 heteroatoms. The van der Waals surface area contributed by atoms with Crippen molar-refractivity contribution in [2.45, 2.75) is 6.61 Å². The third kappa shape index (κ3) is 3.75. The molecule has 0 atom stereocenters. The van der Waals surface area contributed by atoms with Gasteiger partial charge >= 0.3 is 0 Å². The lowest BCUT2D eigenvalue weighted by atomic mass is 10.1. The number of ether oxygens (including phenoxy) is 1. The lowest BCUT2D eigenvalue weighted by Gasteiger charge is -2.10. The van der Waals surface area contributed by atoms with Crippen molar-refractivity contribution >= 4 is 33.1 Å². The standard InChI is InChI=1S/C14H11BrFNOS/c15-10-2-1-3-12(7-10)18-8-9-6-11(16)4-5-13(9)14(17)19/h1-7H,8H2,(H2,17,19). The van der Waals surface area contributed by atoms with Gasteiger partial charge in [0, 0.05) is 15.6 Å². The van der Waals surface area contributed by atoms with Crippen LogP contribution in [0.3, 0.4) is 0 Å². The Morgan fingerprint density at radius 1 is 1.26 bits per heavy atom. The van der Waals surface area contributed by atoms with E-state index in [0.29, 0.717) is 16.9 Å². The summed E-state index contributed by atoms with van der Waals surface area (Å²) in [5, 5.41) is 0. The summed E-state index contributed by atoms with van der Waals surface area (Å²) >= 11 is 8.29. The smallest absolute Gasteiger partial charge is 0.123 e. The first-order valence-electron chi connectivity index (χ1n) is 5.53. The van der Waals surface area contributed by atoms with Crippen molar-refractivity contribution in [2.24, 2.45) is 5.73 Å². The highest BCUT2D eigenvalue weighted by Crippen LogP contribution is 2.20. The van der Waals surface area contributed by atoms with Crippen LogP contribution in [0.2, 0.25) is 0 Å². The van der Waals surface area contributed by atoms with Crippen molar-refractivity contribution in [2.75, 3.05) is 0 Å². The number of halogens is 2. The molecule has 2 aromatic rings. The van der Waals surface area contributed by atoms with Gasteiger partial charge in [-0.15, -0.1) is 0 Å². The molecule has 0 bridgehead atoms. The molecule has 2 rings (SSSR count). The summed E-state index contributed by atoms with van der Waals surface area (Å²) < 4.78 is 19.8. The first-order chi connectivity index (χ1) is 9.06. The fourth-order valence-corrected chi connectivity index (χ4v) is 2.22. The van der Waals surface area contributed by atoms with Gasteiger partial charge in [0.15, 0.2) is 0 Å². The molecule has 0 unspecified atom stereocenters. The summed E-state index contributed by atoms with van der Waals surface area (Å²) in [6, 6.07) is 11.7. The van der Waals surface area contributed by atoms with Crippen LogP contribution in [0.1, 0.15) is 11.1 Å². The second-order valence-corrected chi connectivity index (χ2v) is 5.27. The summed E-state index contributed by atoms with van der Waals surface area (Å²) in [5.41, 5.74) is 6.87. The second kappa shape index (κ2) is 6.12. The third-order valence-corrected chi connectivity index (χ3v) is 3.24. The van der Waals surface area contributed by atoms with Crippen LogP contribution in [0.5, 0.6) is 5.75 Å². The van der Waals surface area contributed by atoms with Gasteiger partial charge < -0.3 is 10.5 Å². The molecule has 2 nitrogen and oxygen atoms in total. The van der Waals surface area contributed by atoms with E-state index in [4.69, 9.17) is 22.7 Å². The molecule has 0 radical (unpaired) electrons. The van der Waals surface area contributed by atoms with E-state index < -0.39 is 0 Å². The number of hydrogen-bond donors (Lipinski definition) is 1. The van der Waals surface area contributed by atoms with Crippen molar-refractivity contribution in [3.8, 4) is 5.75 Å². The van der Waals surface area contributed by atoms with Crippen LogP contribution in [0, 0.1) is 5.82 Å². The minimum atomic E-state index is -0.340. The maximum atomic E-state index is 13.3. The molecule has 0 heterocycles. The van der Waals surface area contributed by atoms with Gasteiger partial charge in [0.1, 0.15) is 23.2 Å². The maximum absolute atomic E-state index is 13.3. The van der Waals surface area contributed by atoms with Gasteiger partial charge in [-0.05, 0) is 36.4 Å². The topological polar surface area (TPSA) is 35.2 Å². The number of nitrogens with two attached hydrogens (primary N) is 1. The number of thiocarbonyl (C=S) groups is 1. The van der Waals surface area contributed by atoms with Gasteiger partial charge in [0.05, 0.1) is 0 Å². The molecule has 0 aromatic heterocycles. The van der Waals surface area contributed by atoms with Gasteiger partial charge in [-0.3, -0.25) is 0 Å². The van der Waals surface area contributed by atoms with Crippen molar-refractivity contribution < 1.29 is 9.13 Å². The second-order valence-electron chi connectivity index (χ2n) is 3.91. The molecule has 2 aromatic carbocycles. The van der Waals surface area contributed by atoms with Crippen molar-refractivity contribution in [1.29, 1.82) is 0 Å². The van der Waals surface area contributed by atoms with Crippen molar-refractivity contribution in [3.05, 3.63) is 63.9 Å². The van der Waals surface area contributed by atoms with Gasteiger partial charge in [-0.25, -0.2) is 4.39 Å². The van der Waals surface area contributed by atoms with Crippen LogP contribution < -0.4 is 10.5 Å². The van der Waals surface area contributed by atoms with Crippen LogP contribution in [-0.2, 0) is 6.61 Å². The normalized spacial score (nSPS) is 10.2. The van der Waals surface area contributed by atoms with E-state index in [1.807, 2.05) is 24.3 Å². The Morgan fingerprint density at radius 2 is 2.05 bits per heavy atom. The highest BCUT2D eigenvalue weighted by Gasteiger charge is 2.07. The molecule has 0 aliphatic carbocycles. The summed E-state index contributed by atoms with van der Waals surface area (Å²) in [7, 11) is 0. The molecule has 0 aliphatic rings. The van der Waals surface area contributed by atoms with Gasteiger partial charge in [0.25, 0.3) is 0 Å². The van der Waals surface area contributed by atoms with Gasteiger partial charge in [-0.1, -0.05) is 34.2 Å². The summed E-state index contributed by atoms with van der Waals surface area (Å²) in [6.45, 7) is 0.209. The van der Waals surface area contributed by atoms with Crippen LogP contribution in [-0.4, -0.2) is 4.99 Å². The van der Waals surface area contributed by atoms with E-state index in [2.05, 4.69) is 15.9 Å². The SMILES string of the molecule is NC(=S)c1ccc(F)cc1COc1cccc(Br)c1. The summed E-state index contributed by atoms with van der Waals surface area (Å²) in [5.74, 6) is 0.348. The van der Waals surface area contributed by atoms with Gasteiger partial charge in [0.2, 0.25) is 0 Å². The Bertz CT molecular complexity index is 618. The van der Waals surface area contributed by atoms with Crippen LogP contribution in [0.25, 0.3) is 0 Å². The van der Waals surface area contributed by atoms with E-state index in [-0.39, 0.29) is 17.4 Å². The van der Waals surface area contributed by atoms with Gasteiger partial charge in [-0.2, -0.15) is 0 Å². The fraction of sp³-hybridized carbons (Fsp3) is 0.0714. The Kier molecular flexibility index (Phi) is 4.50. The molecule has 0 saturated heterocycles. The Labute approximate surface area is 124 Å². The summed E-state index contributed by atoms with van der Waals surface area (Å²) in [4.78, 5) is 0.229. The maximum Gasteiger partial charge on any atom is 0.123 e. The van der Waals surface area contributed by atoms with E-state index >= 15 is 0 Å². The molecular formula is C14H11BrFNOS. The Hall–Kier alpha value is -1.46. The molecule has 0 aliphatic heterocycles. The minimum Gasteiger partial charge on any atom is -0.489 e. The van der Waals surface area contributed by atoms with Crippen molar-refractivity contribution in [3.63, 3.8) is 0 Å². The lowest BCUT2D eigenvalue weighted by molar-refractivity contribution is 0.305. The van der Waals surface area contributed by atoms with E-state index in [9.17, 15) is 4.39 Å². The fourth-order valence-electron chi connectivity index (χ4n) is 1.64. The Balaban J connectivity index is 2.19. The van der Waals surface area contributed by atoms with Crippen molar-refractivity contribution in [1.82, 2.24) is 0 Å². The lowest BCUT2D eigenvalue weighted by Crippen LogP contribution is -2.13. The first kappa shape index (κ1) is 14.0. The average molecular weight is 340 g/mol. The quantitative estimate of drug-likeness (QED) is 0.860. The average Bonchev–Trinajstić information content (AvgIpc) is 2.36. The molecule has 2 N–H and O–H groups in total. The van der Waals surface area contributed by atoms with E-state index in [1.165, 1.54) is 12.1 Å². The van der Waals surface area contributed by atoms with Crippen LogP contribution >= 0.6 is 28.1 Å². The molecule has 98 valence electrons. The third-order valence-electron chi connectivity index (χ3n) is 2.52. The summed E-state index contributed by atoms with van der Waals surface area (Å²) in [6.07, 6.45) is 0. The van der Waals surface area contributed by atoms with E-state index in [1.54, 1.807) is 6.07 Å². The molecule has 19 heavy (non-hydrogen) atoms. The van der Waals surface area contributed by atoms with E-state index in [0.717, 1.165) is 4.47 Å². The van der Waals surface area contributed by atoms with Crippen LogP contribution in [0.15, 0.2) is 46.9 Å². The predicted octanol–water partition coefficient (Wildman–Crippen LogP) is 3.80. The largest absolute Gasteiger partial charge is 0.489 e. The Morgan fingerprint density at radius 3 is 2.74 bits per heavy atom. The zero-order valence-electron chi connectivity index (χ0n) is 9.90.